The zero-order chi connectivity index (χ0) is 13.7. The zero-order valence-electron chi connectivity index (χ0n) is 10.0. The SMILES string of the molecule is CSCC[C@H](NC1O[C@H](CO)[C@@H](O)[C@H]1O)C(=O)O. The Labute approximate surface area is 109 Å². The van der Waals surface area contributed by atoms with Gasteiger partial charge in [0.2, 0.25) is 0 Å². The molecule has 1 aliphatic rings. The van der Waals surface area contributed by atoms with E-state index < -0.39 is 43.2 Å². The van der Waals surface area contributed by atoms with Gasteiger partial charge in [-0.15, -0.1) is 0 Å². The van der Waals surface area contributed by atoms with Crippen molar-refractivity contribution in [3.8, 4) is 0 Å². The lowest BCUT2D eigenvalue weighted by atomic mass is 10.1. The Balaban J connectivity index is 2.56. The van der Waals surface area contributed by atoms with E-state index >= 15 is 0 Å². The molecule has 1 rings (SSSR count). The number of carboxylic acid groups (broad SMARTS) is 1. The van der Waals surface area contributed by atoms with Crippen molar-refractivity contribution in [2.24, 2.45) is 0 Å². The molecule has 0 radical (unpaired) electrons. The molecule has 0 amide bonds. The lowest BCUT2D eigenvalue weighted by molar-refractivity contribution is -0.141. The van der Waals surface area contributed by atoms with Gasteiger partial charge in [-0.2, -0.15) is 11.8 Å². The van der Waals surface area contributed by atoms with Crippen LogP contribution in [0.15, 0.2) is 0 Å². The highest BCUT2D eigenvalue weighted by Gasteiger charge is 2.43. The third-order valence-electron chi connectivity index (χ3n) is 2.82. The minimum Gasteiger partial charge on any atom is -0.480 e. The van der Waals surface area contributed by atoms with Gasteiger partial charge in [0, 0.05) is 0 Å². The van der Waals surface area contributed by atoms with Gasteiger partial charge in [0.15, 0.2) is 0 Å². The maximum absolute atomic E-state index is 11.0. The van der Waals surface area contributed by atoms with Crippen LogP contribution in [0.3, 0.4) is 0 Å². The van der Waals surface area contributed by atoms with Crippen molar-refractivity contribution >= 4 is 17.7 Å². The van der Waals surface area contributed by atoms with Crippen molar-refractivity contribution in [3.63, 3.8) is 0 Å². The van der Waals surface area contributed by atoms with Crippen molar-refractivity contribution < 1.29 is 30.0 Å². The van der Waals surface area contributed by atoms with E-state index in [-0.39, 0.29) is 0 Å². The van der Waals surface area contributed by atoms with E-state index in [4.69, 9.17) is 14.9 Å². The number of ether oxygens (including phenoxy) is 1. The predicted octanol–water partition coefficient (Wildman–Crippen LogP) is -1.78. The lowest BCUT2D eigenvalue weighted by Crippen LogP contribution is -2.49. The maximum Gasteiger partial charge on any atom is 0.320 e. The van der Waals surface area contributed by atoms with Crippen LogP contribution in [0.1, 0.15) is 6.42 Å². The number of thioether (sulfide) groups is 1. The first kappa shape index (κ1) is 15.7. The van der Waals surface area contributed by atoms with E-state index in [2.05, 4.69) is 5.32 Å². The molecule has 1 heterocycles. The summed E-state index contributed by atoms with van der Waals surface area (Å²) in [5.41, 5.74) is 0. The van der Waals surface area contributed by atoms with Gasteiger partial charge in [0.1, 0.15) is 30.6 Å². The number of aliphatic hydroxyl groups is 3. The molecule has 0 spiro atoms. The first-order valence-electron chi connectivity index (χ1n) is 5.61. The lowest BCUT2D eigenvalue weighted by Gasteiger charge is -2.21. The van der Waals surface area contributed by atoms with Gasteiger partial charge in [0.25, 0.3) is 0 Å². The summed E-state index contributed by atoms with van der Waals surface area (Å²) in [7, 11) is 0. The molecule has 1 saturated heterocycles. The molecule has 5 N–H and O–H groups in total. The van der Waals surface area contributed by atoms with Gasteiger partial charge in [0.05, 0.1) is 6.61 Å². The Bertz CT molecular complexity index is 279. The number of hydrogen-bond donors (Lipinski definition) is 5. The molecule has 1 unspecified atom stereocenters. The Hall–Kier alpha value is -0.380. The summed E-state index contributed by atoms with van der Waals surface area (Å²) < 4.78 is 5.16. The topological polar surface area (TPSA) is 119 Å². The number of carboxylic acids is 1. The second-order valence-corrected chi connectivity index (χ2v) is 5.08. The normalized spacial score (nSPS) is 33.6. The van der Waals surface area contributed by atoms with Crippen LogP contribution in [0.4, 0.5) is 0 Å². The van der Waals surface area contributed by atoms with Crippen LogP contribution in [-0.4, -0.2) is 75.6 Å². The highest BCUT2D eigenvalue weighted by Crippen LogP contribution is 2.20. The number of rotatable bonds is 7. The monoisotopic (exact) mass is 281 g/mol. The largest absolute Gasteiger partial charge is 0.480 e. The molecule has 106 valence electrons. The first-order valence-corrected chi connectivity index (χ1v) is 7.01. The third kappa shape index (κ3) is 3.81. The van der Waals surface area contributed by atoms with E-state index in [9.17, 15) is 15.0 Å². The summed E-state index contributed by atoms with van der Waals surface area (Å²) in [6.45, 7) is -0.432. The summed E-state index contributed by atoms with van der Waals surface area (Å²) in [6, 6.07) is -0.859. The van der Waals surface area contributed by atoms with E-state index in [1.54, 1.807) is 0 Å². The molecular formula is C10H19NO6S. The van der Waals surface area contributed by atoms with Crippen molar-refractivity contribution in [3.05, 3.63) is 0 Å². The summed E-state index contributed by atoms with van der Waals surface area (Å²) in [5, 5.41) is 39.8. The van der Waals surface area contributed by atoms with Gasteiger partial charge in [-0.3, -0.25) is 10.1 Å². The molecule has 0 bridgehead atoms. The summed E-state index contributed by atoms with van der Waals surface area (Å²) >= 11 is 1.52. The molecule has 1 aliphatic heterocycles. The van der Waals surface area contributed by atoms with Gasteiger partial charge in [-0.25, -0.2) is 0 Å². The van der Waals surface area contributed by atoms with E-state index in [0.29, 0.717) is 12.2 Å². The number of aliphatic hydroxyl groups excluding tert-OH is 3. The average molecular weight is 281 g/mol. The Kier molecular flexibility index (Phi) is 6.33. The molecular weight excluding hydrogens is 262 g/mol. The Morgan fingerprint density at radius 2 is 2.11 bits per heavy atom. The van der Waals surface area contributed by atoms with E-state index in [1.807, 2.05) is 6.26 Å². The van der Waals surface area contributed by atoms with Crippen LogP contribution in [0, 0.1) is 0 Å². The molecule has 18 heavy (non-hydrogen) atoms. The smallest absolute Gasteiger partial charge is 0.320 e. The van der Waals surface area contributed by atoms with Crippen LogP contribution >= 0.6 is 11.8 Å². The highest BCUT2D eigenvalue weighted by molar-refractivity contribution is 7.98. The zero-order valence-corrected chi connectivity index (χ0v) is 10.8. The molecule has 0 aliphatic carbocycles. The fourth-order valence-corrected chi connectivity index (χ4v) is 2.22. The average Bonchev–Trinajstić information content (AvgIpc) is 2.61. The highest BCUT2D eigenvalue weighted by atomic mass is 32.2. The number of aliphatic carboxylic acids is 1. The quantitative estimate of drug-likeness (QED) is 0.372. The summed E-state index contributed by atoms with van der Waals surface area (Å²) in [6.07, 6.45) is -2.11. The van der Waals surface area contributed by atoms with Crippen LogP contribution in [-0.2, 0) is 9.53 Å². The maximum atomic E-state index is 11.0. The third-order valence-corrected chi connectivity index (χ3v) is 3.46. The predicted molar refractivity (Wildman–Crippen MR) is 65.3 cm³/mol. The van der Waals surface area contributed by atoms with Crippen LogP contribution in [0.2, 0.25) is 0 Å². The number of hydrogen-bond acceptors (Lipinski definition) is 7. The van der Waals surface area contributed by atoms with Gasteiger partial charge < -0.3 is 25.2 Å². The Morgan fingerprint density at radius 3 is 2.56 bits per heavy atom. The molecule has 0 aromatic rings. The second kappa shape index (κ2) is 7.27. The number of nitrogens with one attached hydrogen (secondary N) is 1. The molecule has 0 aromatic heterocycles. The van der Waals surface area contributed by atoms with Crippen molar-refractivity contribution in [1.82, 2.24) is 5.32 Å². The van der Waals surface area contributed by atoms with Crippen LogP contribution in [0.25, 0.3) is 0 Å². The molecule has 0 aromatic carbocycles. The van der Waals surface area contributed by atoms with Gasteiger partial charge >= 0.3 is 5.97 Å². The fourth-order valence-electron chi connectivity index (χ4n) is 1.75. The molecule has 8 heteroatoms. The number of carbonyl (C=O) groups is 1. The van der Waals surface area contributed by atoms with E-state index in [0.717, 1.165) is 0 Å². The summed E-state index contributed by atoms with van der Waals surface area (Å²) in [5.74, 6) is -0.388. The minimum atomic E-state index is -1.25. The van der Waals surface area contributed by atoms with Crippen molar-refractivity contribution in [2.75, 3.05) is 18.6 Å². The molecule has 5 atom stereocenters. The molecule has 7 nitrogen and oxygen atoms in total. The van der Waals surface area contributed by atoms with Gasteiger partial charge in [-0.1, -0.05) is 0 Å². The van der Waals surface area contributed by atoms with Crippen LogP contribution < -0.4 is 5.32 Å². The standard InChI is InChI=1S/C10H19NO6S/c1-18-3-2-5(10(15)16)11-9-8(14)7(13)6(4-12)17-9/h5-9,11-14H,2-4H2,1H3,(H,15,16)/t5-,6+,7+,8+,9?/m0/s1. The van der Waals surface area contributed by atoms with Crippen molar-refractivity contribution in [2.45, 2.75) is 37.0 Å². The second-order valence-electron chi connectivity index (χ2n) is 4.10. The summed E-state index contributed by atoms with van der Waals surface area (Å²) in [4.78, 5) is 11.0. The van der Waals surface area contributed by atoms with Gasteiger partial charge in [-0.05, 0) is 18.4 Å². The van der Waals surface area contributed by atoms with Crippen LogP contribution in [0.5, 0.6) is 0 Å². The van der Waals surface area contributed by atoms with Crippen molar-refractivity contribution in [1.29, 1.82) is 0 Å². The molecule has 0 saturated carbocycles. The first-order chi connectivity index (χ1) is 8.51. The Morgan fingerprint density at radius 1 is 1.44 bits per heavy atom. The fraction of sp³-hybridized carbons (Fsp3) is 0.900. The van der Waals surface area contributed by atoms with E-state index in [1.165, 1.54) is 11.8 Å². The molecule has 1 fully saturated rings. The minimum absolute atomic E-state index is 0.378.